The number of hydrogen-bond acceptors (Lipinski definition) is 6. The Morgan fingerprint density at radius 3 is 0.725 bits per heavy atom. The Labute approximate surface area is 498 Å². The summed E-state index contributed by atoms with van der Waals surface area (Å²) >= 11 is 0. The molecular formula is C74H136O6. The highest BCUT2D eigenvalue weighted by atomic mass is 16.6. The number of esters is 3. The van der Waals surface area contributed by atoms with Gasteiger partial charge in [0.15, 0.2) is 6.10 Å². The molecule has 468 valence electrons. The molecule has 0 aliphatic heterocycles. The monoisotopic (exact) mass is 1120 g/mol. The van der Waals surface area contributed by atoms with Gasteiger partial charge in [-0.3, -0.25) is 14.4 Å². The lowest BCUT2D eigenvalue weighted by Crippen LogP contribution is -2.30. The van der Waals surface area contributed by atoms with Gasteiger partial charge >= 0.3 is 17.9 Å². The maximum absolute atomic E-state index is 12.9. The molecule has 0 N–H and O–H groups in total. The van der Waals surface area contributed by atoms with Crippen LogP contribution in [0.1, 0.15) is 387 Å². The number of carbonyl (C=O) groups is 3. The third-order valence-corrected chi connectivity index (χ3v) is 16.0. The Kier molecular flexibility index (Phi) is 66.6. The molecule has 0 saturated heterocycles. The summed E-state index contributed by atoms with van der Waals surface area (Å²) in [6, 6.07) is 0. The van der Waals surface area contributed by atoms with E-state index in [2.05, 4.69) is 69.4 Å². The third kappa shape index (κ3) is 66.2. The first-order valence-electron chi connectivity index (χ1n) is 35.6. The zero-order chi connectivity index (χ0) is 57.8. The van der Waals surface area contributed by atoms with Crippen LogP contribution >= 0.6 is 0 Å². The molecule has 1 atom stereocenters. The molecule has 0 aromatic carbocycles. The predicted octanol–water partition coefficient (Wildman–Crippen LogP) is 24.5. The third-order valence-electron chi connectivity index (χ3n) is 16.0. The van der Waals surface area contributed by atoms with E-state index in [1.807, 2.05) is 0 Å². The Morgan fingerprint density at radius 1 is 0.250 bits per heavy atom. The standard InChI is InChI=1S/C74H136O6/c1-4-7-10-13-16-19-22-25-28-30-31-32-33-34-35-36-37-38-39-40-41-42-43-44-47-49-52-55-58-61-64-67-73(76)79-70-71(69-78-72(75)66-63-60-57-54-51-48-45-27-24-21-18-15-12-9-6-3)80-74(77)68-65-62-59-56-53-50-46-29-26-23-20-17-14-11-8-5-2/h18,21,27,29-31,45-46,71H,4-17,19-20,22-26,28,32-44,47-70H2,1-3H3/b21-18-,31-30-,45-27-,46-29-. The van der Waals surface area contributed by atoms with Gasteiger partial charge in [0.05, 0.1) is 0 Å². The molecule has 0 radical (unpaired) electrons. The van der Waals surface area contributed by atoms with Crippen LogP contribution in [-0.4, -0.2) is 37.2 Å². The lowest BCUT2D eigenvalue weighted by Gasteiger charge is -2.18. The maximum atomic E-state index is 12.9. The second kappa shape index (κ2) is 68.9. The van der Waals surface area contributed by atoms with E-state index in [-0.39, 0.29) is 31.1 Å². The second-order valence-corrected chi connectivity index (χ2v) is 24.1. The van der Waals surface area contributed by atoms with E-state index in [1.165, 1.54) is 263 Å². The number of hydrogen-bond donors (Lipinski definition) is 0. The second-order valence-electron chi connectivity index (χ2n) is 24.1. The van der Waals surface area contributed by atoms with E-state index in [0.717, 1.165) is 83.5 Å². The molecule has 0 aliphatic carbocycles. The minimum Gasteiger partial charge on any atom is -0.462 e. The highest BCUT2D eigenvalue weighted by Gasteiger charge is 2.19. The summed E-state index contributed by atoms with van der Waals surface area (Å²) in [5, 5.41) is 0. The highest BCUT2D eigenvalue weighted by Crippen LogP contribution is 2.18. The largest absolute Gasteiger partial charge is 0.462 e. The molecule has 0 amide bonds. The molecule has 0 saturated carbocycles. The van der Waals surface area contributed by atoms with Crippen molar-refractivity contribution in [2.75, 3.05) is 13.2 Å². The van der Waals surface area contributed by atoms with Gasteiger partial charge in [0.25, 0.3) is 0 Å². The first-order chi connectivity index (χ1) is 39.5. The number of carbonyl (C=O) groups excluding carboxylic acids is 3. The quantitative estimate of drug-likeness (QED) is 0.0261. The van der Waals surface area contributed by atoms with Crippen molar-refractivity contribution in [2.24, 2.45) is 0 Å². The molecule has 1 unspecified atom stereocenters. The molecule has 6 heteroatoms. The van der Waals surface area contributed by atoms with Crippen LogP contribution in [0.3, 0.4) is 0 Å². The molecule has 0 aromatic rings. The smallest absolute Gasteiger partial charge is 0.306 e. The van der Waals surface area contributed by atoms with Crippen molar-refractivity contribution >= 4 is 17.9 Å². The van der Waals surface area contributed by atoms with Crippen LogP contribution in [0, 0.1) is 0 Å². The molecule has 80 heavy (non-hydrogen) atoms. The minimum atomic E-state index is -0.783. The van der Waals surface area contributed by atoms with Gasteiger partial charge in [0.2, 0.25) is 0 Å². The summed E-state index contributed by atoms with van der Waals surface area (Å²) in [6.45, 7) is 6.65. The Bertz CT molecular complexity index is 1380. The topological polar surface area (TPSA) is 78.9 Å². The molecule has 0 aliphatic rings. The fourth-order valence-electron chi connectivity index (χ4n) is 10.6. The van der Waals surface area contributed by atoms with E-state index in [9.17, 15) is 14.4 Å². The van der Waals surface area contributed by atoms with Crippen molar-refractivity contribution in [3.8, 4) is 0 Å². The summed E-state index contributed by atoms with van der Waals surface area (Å²) in [4.78, 5) is 38.4. The van der Waals surface area contributed by atoms with Crippen molar-refractivity contribution in [1.29, 1.82) is 0 Å². The number of ether oxygens (including phenoxy) is 3. The minimum absolute atomic E-state index is 0.0773. The van der Waals surface area contributed by atoms with Crippen LogP contribution in [0.25, 0.3) is 0 Å². The van der Waals surface area contributed by atoms with Gasteiger partial charge in [-0.2, -0.15) is 0 Å². The van der Waals surface area contributed by atoms with Gasteiger partial charge in [-0.15, -0.1) is 0 Å². The van der Waals surface area contributed by atoms with Crippen molar-refractivity contribution in [2.45, 2.75) is 393 Å². The first-order valence-corrected chi connectivity index (χ1v) is 35.6. The lowest BCUT2D eigenvalue weighted by atomic mass is 10.0. The molecule has 0 rings (SSSR count). The number of allylic oxidation sites excluding steroid dienone is 8. The summed E-state index contributed by atoms with van der Waals surface area (Å²) in [5.74, 6) is -0.877. The van der Waals surface area contributed by atoms with E-state index < -0.39 is 6.10 Å². The average molecular weight is 1120 g/mol. The molecular weight excluding hydrogens is 985 g/mol. The van der Waals surface area contributed by atoms with Crippen LogP contribution in [0.15, 0.2) is 48.6 Å². The summed E-state index contributed by atoms with van der Waals surface area (Å²) in [7, 11) is 0. The van der Waals surface area contributed by atoms with Gasteiger partial charge in [-0.1, -0.05) is 313 Å². The zero-order valence-corrected chi connectivity index (χ0v) is 53.9. The first kappa shape index (κ1) is 77.4. The molecule has 0 heterocycles. The van der Waals surface area contributed by atoms with Crippen molar-refractivity contribution in [3.05, 3.63) is 48.6 Å². The highest BCUT2D eigenvalue weighted by molar-refractivity contribution is 5.71. The Morgan fingerprint density at radius 2 is 0.450 bits per heavy atom. The molecule has 0 aromatic heterocycles. The fourth-order valence-corrected chi connectivity index (χ4v) is 10.6. The van der Waals surface area contributed by atoms with Gasteiger partial charge in [0.1, 0.15) is 13.2 Å². The summed E-state index contributed by atoms with van der Waals surface area (Å²) < 4.78 is 17.0. The van der Waals surface area contributed by atoms with Gasteiger partial charge in [0, 0.05) is 19.3 Å². The van der Waals surface area contributed by atoms with Crippen LogP contribution in [0.5, 0.6) is 0 Å². The van der Waals surface area contributed by atoms with Gasteiger partial charge in [-0.05, 0) is 103 Å². The van der Waals surface area contributed by atoms with E-state index in [1.54, 1.807) is 0 Å². The van der Waals surface area contributed by atoms with Crippen molar-refractivity contribution in [1.82, 2.24) is 0 Å². The molecule has 0 fully saturated rings. The van der Waals surface area contributed by atoms with Crippen LogP contribution in [0.2, 0.25) is 0 Å². The summed E-state index contributed by atoms with van der Waals surface area (Å²) in [5.41, 5.74) is 0. The van der Waals surface area contributed by atoms with Crippen LogP contribution < -0.4 is 0 Å². The number of rotatable bonds is 66. The van der Waals surface area contributed by atoms with E-state index in [0.29, 0.717) is 19.3 Å². The molecule has 0 bridgehead atoms. The van der Waals surface area contributed by atoms with Gasteiger partial charge < -0.3 is 14.2 Å². The zero-order valence-electron chi connectivity index (χ0n) is 53.9. The van der Waals surface area contributed by atoms with E-state index >= 15 is 0 Å². The van der Waals surface area contributed by atoms with Crippen molar-refractivity contribution in [3.63, 3.8) is 0 Å². The predicted molar refractivity (Wildman–Crippen MR) is 349 cm³/mol. The van der Waals surface area contributed by atoms with Gasteiger partial charge in [-0.25, -0.2) is 0 Å². The molecule has 6 nitrogen and oxygen atoms in total. The normalized spacial score (nSPS) is 12.3. The Balaban J connectivity index is 4.18. The maximum Gasteiger partial charge on any atom is 0.306 e. The Hall–Kier alpha value is -2.63. The fraction of sp³-hybridized carbons (Fsp3) is 0.851. The van der Waals surface area contributed by atoms with Crippen LogP contribution in [-0.2, 0) is 28.6 Å². The van der Waals surface area contributed by atoms with Crippen molar-refractivity contribution < 1.29 is 28.6 Å². The lowest BCUT2D eigenvalue weighted by molar-refractivity contribution is -0.167. The number of unbranched alkanes of at least 4 members (excludes halogenated alkanes) is 47. The van der Waals surface area contributed by atoms with E-state index in [4.69, 9.17) is 14.2 Å². The van der Waals surface area contributed by atoms with Crippen LogP contribution in [0.4, 0.5) is 0 Å². The SMILES string of the molecule is CCCCC/C=C\C/C=C\CCCCCCCC(=O)OCC(COC(=O)CCCCCCCCCCCCCCCCCCCCC/C=C\CCCCCCCCCC)OC(=O)CCCCCCC/C=C\CCCCCCCCC. The molecule has 0 spiro atoms. The summed E-state index contributed by atoms with van der Waals surface area (Å²) in [6.07, 6.45) is 87.2. The average Bonchev–Trinajstić information content (AvgIpc) is 3.46.